The minimum atomic E-state index is -0.229. The van der Waals surface area contributed by atoms with E-state index in [4.69, 9.17) is 4.74 Å². The van der Waals surface area contributed by atoms with Gasteiger partial charge in [-0.1, -0.05) is 25.3 Å². The standard InChI is InChI=1S/C16H23NO2/c1-2-19-16(13-8-4-3-5-9-13)15(18)12-14-10-6-7-11-17-14/h6-7,10-11,13,16H,2-5,8-9,12H2,1H3. The zero-order valence-electron chi connectivity index (χ0n) is 11.7. The van der Waals surface area contributed by atoms with Crippen molar-refractivity contribution in [3.05, 3.63) is 30.1 Å². The second-order valence-corrected chi connectivity index (χ2v) is 5.24. The van der Waals surface area contributed by atoms with E-state index in [1.165, 1.54) is 19.3 Å². The summed E-state index contributed by atoms with van der Waals surface area (Å²) < 4.78 is 5.74. The topological polar surface area (TPSA) is 39.2 Å². The third-order valence-electron chi connectivity index (χ3n) is 3.82. The quantitative estimate of drug-likeness (QED) is 0.789. The van der Waals surface area contributed by atoms with Crippen molar-refractivity contribution in [2.24, 2.45) is 5.92 Å². The van der Waals surface area contributed by atoms with Crippen molar-refractivity contribution in [3.63, 3.8) is 0 Å². The van der Waals surface area contributed by atoms with Crippen LogP contribution >= 0.6 is 0 Å². The third-order valence-corrected chi connectivity index (χ3v) is 3.82. The van der Waals surface area contributed by atoms with Gasteiger partial charge in [0.15, 0.2) is 5.78 Å². The molecule has 3 nitrogen and oxygen atoms in total. The lowest BCUT2D eigenvalue weighted by molar-refractivity contribution is -0.134. The highest BCUT2D eigenvalue weighted by molar-refractivity contribution is 5.85. The number of hydrogen-bond donors (Lipinski definition) is 0. The molecule has 0 radical (unpaired) electrons. The minimum absolute atomic E-state index is 0.187. The molecule has 0 aromatic carbocycles. The molecule has 1 unspecified atom stereocenters. The zero-order valence-corrected chi connectivity index (χ0v) is 11.7. The average molecular weight is 261 g/mol. The van der Waals surface area contributed by atoms with E-state index >= 15 is 0 Å². The molecule has 2 rings (SSSR count). The van der Waals surface area contributed by atoms with Crippen molar-refractivity contribution in [2.75, 3.05) is 6.61 Å². The Hall–Kier alpha value is -1.22. The summed E-state index contributed by atoms with van der Waals surface area (Å²) in [5.41, 5.74) is 0.841. The fourth-order valence-electron chi connectivity index (χ4n) is 2.89. The lowest BCUT2D eigenvalue weighted by atomic mass is 9.83. The van der Waals surface area contributed by atoms with Gasteiger partial charge in [0.25, 0.3) is 0 Å². The monoisotopic (exact) mass is 261 g/mol. The predicted molar refractivity (Wildman–Crippen MR) is 74.9 cm³/mol. The molecule has 1 heterocycles. The van der Waals surface area contributed by atoms with E-state index in [2.05, 4.69) is 4.98 Å². The number of ether oxygens (including phenoxy) is 1. The number of ketones is 1. The summed E-state index contributed by atoms with van der Waals surface area (Å²) in [5, 5.41) is 0. The summed E-state index contributed by atoms with van der Waals surface area (Å²) in [7, 11) is 0. The molecule has 1 aromatic heterocycles. The van der Waals surface area contributed by atoms with Gasteiger partial charge in [-0.3, -0.25) is 9.78 Å². The van der Waals surface area contributed by atoms with E-state index in [1.807, 2.05) is 25.1 Å². The average Bonchev–Trinajstić information content (AvgIpc) is 2.46. The van der Waals surface area contributed by atoms with Crippen LogP contribution in [0.15, 0.2) is 24.4 Å². The molecule has 1 aliphatic carbocycles. The van der Waals surface area contributed by atoms with E-state index in [-0.39, 0.29) is 11.9 Å². The maximum atomic E-state index is 12.4. The number of nitrogens with zero attached hydrogens (tertiary/aromatic N) is 1. The normalized spacial score (nSPS) is 18.2. The lowest BCUT2D eigenvalue weighted by Gasteiger charge is -2.29. The van der Waals surface area contributed by atoms with E-state index in [9.17, 15) is 4.79 Å². The van der Waals surface area contributed by atoms with Crippen LogP contribution in [0.3, 0.4) is 0 Å². The van der Waals surface area contributed by atoms with Crippen molar-refractivity contribution in [3.8, 4) is 0 Å². The van der Waals surface area contributed by atoms with Crippen molar-refractivity contribution in [1.29, 1.82) is 0 Å². The molecule has 1 aromatic rings. The molecule has 0 amide bonds. The summed E-state index contributed by atoms with van der Waals surface area (Å²) >= 11 is 0. The Morgan fingerprint density at radius 2 is 2.16 bits per heavy atom. The smallest absolute Gasteiger partial charge is 0.167 e. The van der Waals surface area contributed by atoms with Crippen molar-refractivity contribution in [1.82, 2.24) is 4.98 Å². The van der Waals surface area contributed by atoms with Gasteiger partial charge in [0.1, 0.15) is 6.10 Å². The van der Waals surface area contributed by atoms with Crippen LogP contribution in [0.2, 0.25) is 0 Å². The van der Waals surface area contributed by atoms with Crippen molar-refractivity contribution < 1.29 is 9.53 Å². The fourth-order valence-corrected chi connectivity index (χ4v) is 2.89. The Balaban J connectivity index is 1.99. The SMILES string of the molecule is CCOC(C(=O)Cc1ccccn1)C1CCCCC1. The molecule has 0 bridgehead atoms. The maximum Gasteiger partial charge on any atom is 0.167 e. The molecule has 0 saturated heterocycles. The highest BCUT2D eigenvalue weighted by atomic mass is 16.5. The van der Waals surface area contributed by atoms with Crippen molar-refractivity contribution in [2.45, 2.75) is 51.6 Å². The van der Waals surface area contributed by atoms with Gasteiger partial charge in [0.2, 0.25) is 0 Å². The molecular weight excluding hydrogens is 238 g/mol. The molecule has 0 spiro atoms. The van der Waals surface area contributed by atoms with E-state index in [1.54, 1.807) is 6.20 Å². The molecule has 0 aliphatic heterocycles. The summed E-state index contributed by atoms with van der Waals surface area (Å²) in [4.78, 5) is 16.7. The van der Waals surface area contributed by atoms with Gasteiger partial charge in [-0.25, -0.2) is 0 Å². The van der Waals surface area contributed by atoms with Crippen LogP contribution in [0, 0.1) is 5.92 Å². The number of carbonyl (C=O) groups excluding carboxylic acids is 1. The lowest BCUT2D eigenvalue weighted by Crippen LogP contribution is -2.35. The number of aromatic nitrogens is 1. The molecular formula is C16H23NO2. The highest BCUT2D eigenvalue weighted by Crippen LogP contribution is 2.28. The van der Waals surface area contributed by atoms with Crippen LogP contribution in [0.1, 0.15) is 44.7 Å². The van der Waals surface area contributed by atoms with Crippen LogP contribution in [0.5, 0.6) is 0 Å². The molecule has 3 heteroatoms. The number of hydrogen-bond acceptors (Lipinski definition) is 3. The molecule has 1 aliphatic rings. The Bertz CT molecular complexity index is 385. The Morgan fingerprint density at radius 1 is 1.37 bits per heavy atom. The largest absolute Gasteiger partial charge is 0.370 e. The summed E-state index contributed by atoms with van der Waals surface area (Å²) in [5.74, 6) is 0.595. The van der Waals surface area contributed by atoms with E-state index in [0.29, 0.717) is 18.9 Å². The van der Waals surface area contributed by atoms with E-state index in [0.717, 1.165) is 18.5 Å². The van der Waals surface area contributed by atoms with Gasteiger partial charge in [0.05, 0.1) is 6.42 Å². The van der Waals surface area contributed by atoms with Gasteiger partial charge in [-0.05, 0) is 37.8 Å². The molecule has 1 atom stereocenters. The maximum absolute atomic E-state index is 12.4. The van der Waals surface area contributed by atoms with Crippen LogP contribution in [0.4, 0.5) is 0 Å². The Kier molecular flexibility index (Phi) is 5.52. The highest BCUT2D eigenvalue weighted by Gasteiger charge is 2.29. The second-order valence-electron chi connectivity index (χ2n) is 5.24. The Labute approximate surface area is 115 Å². The summed E-state index contributed by atoms with van der Waals surface area (Å²) in [6.07, 6.45) is 7.89. The fraction of sp³-hybridized carbons (Fsp3) is 0.625. The second kappa shape index (κ2) is 7.39. The number of Topliss-reactive ketones (excluding diaryl/α,β-unsaturated/α-hetero) is 1. The summed E-state index contributed by atoms with van der Waals surface area (Å²) in [6, 6.07) is 5.70. The van der Waals surface area contributed by atoms with E-state index < -0.39 is 0 Å². The van der Waals surface area contributed by atoms with Crippen LogP contribution in [-0.4, -0.2) is 23.5 Å². The Morgan fingerprint density at radius 3 is 2.79 bits per heavy atom. The molecule has 0 N–H and O–H groups in total. The van der Waals surface area contributed by atoms with Crippen LogP contribution in [-0.2, 0) is 16.0 Å². The first-order valence-electron chi connectivity index (χ1n) is 7.35. The first kappa shape index (κ1) is 14.2. The number of carbonyl (C=O) groups is 1. The van der Waals surface area contributed by atoms with Crippen LogP contribution in [0.25, 0.3) is 0 Å². The summed E-state index contributed by atoms with van der Waals surface area (Å²) in [6.45, 7) is 2.57. The molecule has 1 saturated carbocycles. The zero-order chi connectivity index (χ0) is 13.5. The molecule has 1 fully saturated rings. The predicted octanol–water partition coefficient (Wildman–Crippen LogP) is 3.18. The van der Waals surface area contributed by atoms with Crippen molar-refractivity contribution >= 4 is 5.78 Å². The number of rotatable bonds is 6. The number of pyridine rings is 1. The van der Waals surface area contributed by atoms with Crippen LogP contribution < -0.4 is 0 Å². The van der Waals surface area contributed by atoms with Gasteiger partial charge in [-0.15, -0.1) is 0 Å². The third kappa shape index (κ3) is 4.13. The van der Waals surface area contributed by atoms with Gasteiger partial charge in [-0.2, -0.15) is 0 Å². The first-order chi connectivity index (χ1) is 9.31. The van der Waals surface area contributed by atoms with Gasteiger partial charge in [0, 0.05) is 18.5 Å². The van der Waals surface area contributed by atoms with Gasteiger partial charge < -0.3 is 4.74 Å². The molecule has 19 heavy (non-hydrogen) atoms. The minimum Gasteiger partial charge on any atom is -0.370 e. The first-order valence-corrected chi connectivity index (χ1v) is 7.35. The molecule has 104 valence electrons. The van der Waals surface area contributed by atoms with Gasteiger partial charge >= 0.3 is 0 Å².